The predicted octanol–water partition coefficient (Wildman–Crippen LogP) is 2.32. The number of rotatable bonds is 7. The van der Waals surface area contributed by atoms with Crippen molar-refractivity contribution in [1.82, 2.24) is 9.88 Å². The topological polar surface area (TPSA) is 36.1 Å². The number of ketones is 1. The van der Waals surface area contributed by atoms with Gasteiger partial charge in [0.2, 0.25) is 0 Å². The van der Waals surface area contributed by atoms with E-state index in [1.54, 1.807) is 6.20 Å². The Morgan fingerprint density at radius 1 is 1.47 bits per heavy atom. The maximum absolute atomic E-state index is 11.7. The molecule has 1 N–H and O–H groups in total. The van der Waals surface area contributed by atoms with Gasteiger partial charge in [0, 0.05) is 6.20 Å². The summed E-state index contributed by atoms with van der Waals surface area (Å²) < 4.78 is 0. The summed E-state index contributed by atoms with van der Waals surface area (Å²) >= 11 is 0. The summed E-state index contributed by atoms with van der Waals surface area (Å²) in [6.45, 7) is 3.69. The van der Waals surface area contributed by atoms with Crippen LogP contribution >= 0.6 is 0 Å². The molecule has 3 nitrogen and oxygen atoms in total. The minimum absolute atomic E-state index is 0.166. The van der Waals surface area contributed by atoms with Crippen molar-refractivity contribution in [3.05, 3.63) is 24.0 Å². The number of hydrogen-bond acceptors (Lipinski definition) is 2. The van der Waals surface area contributed by atoms with Crippen molar-refractivity contribution in [2.24, 2.45) is 0 Å². The fourth-order valence-electron chi connectivity index (χ4n) is 1.54. The van der Waals surface area contributed by atoms with Crippen LogP contribution in [0.2, 0.25) is 0 Å². The first-order valence-corrected chi connectivity index (χ1v) is 5.59. The van der Waals surface area contributed by atoms with Crippen molar-refractivity contribution < 1.29 is 4.79 Å². The molecule has 0 fully saturated rings. The van der Waals surface area contributed by atoms with E-state index < -0.39 is 0 Å². The van der Waals surface area contributed by atoms with Gasteiger partial charge in [-0.25, -0.2) is 0 Å². The Labute approximate surface area is 91.5 Å². The number of carbonyl (C=O) groups excluding carboxylic acids is 1. The van der Waals surface area contributed by atoms with Crippen LogP contribution in [-0.2, 0) is 0 Å². The van der Waals surface area contributed by atoms with Crippen molar-refractivity contribution in [2.75, 3.05) is 20.1 Å². The van der Waals surface area contributed by atoms with E-state index in [1.165, 1.54) is 19.3 Å². The summed E-state index contributed by atoms with van der Waals surface area (Å²) in [5.74, 6) is 0.166. The number of unbranched alkanes of at least 4 members (excludes halogenated alkanes) is 2. The molecule has 0 unspecified atom stereocenters. The van der Waals surface area contributed by atoms with Crippen LogP contribution in [0.5, 0.6) is 0 Å². The first kappa shape index (κ1) is 12.0. The number of hydrogen-bond donors (Lipinski definition) is 1. The molecule has 1 aromatic rings. The Hall–Kier alpha value is -1.09. The molecule has 0 aliphatic heterocycles. The first-order chi connectivity index (χ1) is 7.24. The number of likely N-dealkylation sites (N-methyl/N-ethyl adjacent to an activating group) is 1. The maximum atomic E-state index is 11.7. The molecular formula is C12H20N2O. The third-order valence-electron chi connectivity index (χ3n) is 2.46. The fourth-order valence-corrected chi connectivity index (χ4v) is 1.54. The van der Waals surface area contributed by atoms with Crippen LogP contribution in [0.4, 0.5) is 0 Å². The molecule has 0 atom stereocenters. The quantitative estimate of drug-likeness (QED) is 0.551. The molecule has 3 heteroatoms. The van der Waals surface area contributed by atoms with E-state index in [9.17, 15) is 4.79 Å². The van der Waals surface area contributed by atoms with Gasteiger partial charge in [-0.2, -0.15) is 0 Å². The number of aromatic amines is 1. The number of Topliss-reactive ketones (excluding diaryl/α,β-unsaturated/α-hetero) is 1. The zero-order chi connectivity index (χ0) is 11.1. The second kappa shape index (κ2) is 6.40. The van der Waals surface area contributed by atoms with Crippen LogP contribution < -0.4 is 0 Å². The summed E-state index contributed by atoms with van der Waals surface area (Å²) in [7, 11) is 2.00. The van der Waals surface area contributed by atoms with E-state index >= 15 is 0 Å². The molecular weight excluding hydrogens is 188 g/mol. The van der Waals surface area contributed by atoms with Gasteiger partial charge in [0.15, 0.2) is 5.78 Å². The van der Waals surface area contributed by atoms with Gasteiger partial charge < -0.3 is 4.98 Å². The van der Waals surface area contributed by atoms with E-state index in [1.807, 2.05) is 19.2 Å². The molecule has 0 amide bonds. The molecule has 0 radical (unpaired) electrons. The van der Waals surface area contributed by atoms with E-state index in [4.69, 9.17) is 0 Å². The van der Waals surface area contributed by atoms with Crippen molar-refractivity contribution in [1.29, 1.82) is 0 Å². The Kier molecular flexibility index (Phi) is 5.12. The largest absolute Gasteiger partial charge is 0.359 e. The average molecular weight is 208 g/mol. The lowest BCUT2D eigenvalue weighted by atomic mass is 10.2. The van der Waals surface area contributed by atoms with E-state index in [2.05, 4.69) is 16.8 Å². The third kappa shape index (κ3) is 4.30. The molecule has 15 heavy (non-hydrogen) atoms. The number of H-pyrrole nitrogens is 1. The molecule has 0 aromatic carbocycles. The molecule has 0 saturated carbocycles. The molecule has 84 valence electrons. The molecule has 1 aromatic heterocycles. The van der Waals surface area contributed by atoms with Crippen molar-refractivity contribution in [2.45, 2.75) is 26.2 Å². The average Bonchev–Trinajstić information content (AvgIpc) is 2.70. The highest BCUT2D eigenvalue weighted by atomic mass is 16.1. The van der Waals surface area contributed by atoms with Gasteiger partial charge in [-0.15, -0.1) is 0 Å². The zero-order valence-corrected chi connectivity index (χ0v) is 9.62. The van der Waals surface area contributed by atoms with Gasteiger partial charge in [-0.3, -0.25) is 9.69 Å². The highest BCUT2D eigenvalue weighted by molar-refractivity contribution is 5.95. The fraction of sp³-hybridized carbons (Fsp3) is 0.583. The number of nitrogens with one attached hydrogen (secondary N) is 1. The van der Waals surface area contributed by atoms with Gasteiger partial charge in [-0.1, -0.05) is 19.8 Å². The highest BCUT2D eigenvalue weighted by Gasteiger charge is 2.08. The monoisotopic (exact) mass is 208 g/mol. The Morgan fingerprint density at radius 2 is 2.27 bits per heavy atom. The summed E-state index contributed by atoms with van der Waals surface area (Å²) in [6.07, 6.45) is 5.41. The van der Waals surface area contributed by atoms with Crippen LogP contribution in [0.1, 0.15) is 36.7 Å². The third-order valence-corrected chi connectivity index (χ3v) is 2.46. The number of carbonyl (C=O) groups is 1. The normalized spacial score (nSPS) is 10.9. The van der Waals surface area contributed by atoms with Crippen molar-refractivity contribution in [3.8, 4) is 0 Å². The zero-order valence-electron chi connectivity index (χ0n) is 9.62. The smallest absolute Gasteiger partial charge is 0.192 e. The summed E-state index contributed by atoms with van der Waals surface area (Å²) in [5, 5.41) is 0. The molecule has 0 aliphatic carbocycles. The predicted molar refractivity (Wildman–Crippen MR) is 62.1 cm³/mol. The summed E-state index contributed by atoms with van der Waals surface area (Å²) in [4.78, 5) is 16.7. The Bertz CT molecular complexity index is 280. The van der Waals surface area contributed by atoms with E-state index in [-0.39, 0.29) is 5.78 Å². The van der Waals surface area contributed by atoms with Gasteiger partial charge >= 0.3 is 0 Å². The molecule has 1 rings (SSSR count). The lowest BCUT2D eigenvalue weighted by molar-refractivity contribution is 0.0941. The van der Waals surface area contributed by atoms with E-state index in [0.717, 1.165) is 6.54 Å². The maximum Gasteiger partial charge on any atom is 0.192 e. The molecule has 0 saturated heterocycles. The molecule has 0 spiro atoms. The molecule has 1 heterocycles. The van der Waals surface area contributed by atoms with Gasteiger partial charge in [-0.05, 0) is 32.1 Å². The van der Waals surface area contributed by atoms with Crippen LogP contribution in [0.15, 0.2) is 18.3 Å². The minimum atomic E-state index is 0.166. The number of nitrogens with zero attached hydrogens (tertiary/aromatic N) is 1. The van der Waals surface area contributed by atoms with Crippen molar-refractivity contribution in [3.63, 3.8) is 0 Å². The van der Waals surface area contributed by atoms with Gasteiger partial charge in [0.05, 0.1) is 12.2 Å². The standard InChI is InChI=1S/C12H20N2O/c1-3-4-5-9-14(2)10-12(15)11-7-6-8-13-11/h6-8,13H,3-5,9-10H2,1-2H3. The van der Waals surface area contributed by atoms with Gasteiger partial charge in [0.25, 0.3) is 0 Å². The van der Waals surface area contributed by atoms with E-state index in [0.29, 0.717) is 12.2 Å². The summed E-state index contributed by atoms with van der Waals surface area (Å²) in [5.41, 5.74) is 0.706. The minimum Gasteiger partial charge on any atom is -0.359 e. The van der Waals surface area contributed by atoms with Gasteiger partial charge in [0.1, 0.15) is 0 Å². The van der Waals surface area contributed by atoms with Crippen LogP contribution in [0.25, 0.3) is 0 Å². The second-order valence-electron chi connectivity index (χ2n) is 3.95. The highest BCUT2D eigenvalue weighted by Crippen LogP contribution is 2.00. The second-order valence-corrected chi connectivity index (χ2v) is 3.95. The lowest BCUT2D eigenvalue weighted by Gasteiger charge is -2.14. The summed E-state index contributed by atoms with van der Waals surface area (Å²) in [6, 6.07) is 3.67. The SMILES string of the molecule is CCCCCN(C)CC(=O)c1ccc[nH]1. The van der Waals surface area contributed by atoms with Crippen molar-refractivity contribution >= 4 is 5.78 Å². The molecule has 0 aliphatic rings. The lowest BCUT2D eigenvalue weighted by Crippen LogP contribution is -2.27. The van der Waals surface area contributed by atoms with Crippen LogP contribution in [0.3, 0.4) is 0 Å². The van der Waals surface area contributed by atoms with Crippen LogP contribution in [0, 0.1) is 0 Å². The Balaban J connectivity index is 2.26. The van der Waals surface area contributed by atoms with Crippen LogP contribution in [-0.4, -0.2) is 35.8 Å². The molecule has 0 bridgehead atoms. The Morgan fingerprint density at radius 3 is 2.87 bits per heavy atom. The first-order valence-electron chi connectivity index (χ1n) is 5.59. The number of aromatic nitrogens is 1.